The lowest BCUT2D eigenvalue weighted by molar-refractivity contribution is 1.56. The zero-order chi connectivity index (χ0) is 21.4. The van der Waals surface area contributed by atoms with Gasteiger partial charge in [-0.15, -0.1) is 0 Å². The van der Waals surface area contributed by atoms with Crippen LogP contribution >= 0.6 is 0 Å². The van der Waals surface area contributed by atoms with Crippen LogP contribution in [0.3, 0.4) is 0 Å². The number of fused-ring (bicyclic) bond motifs is 4. The van der Waals surface area contributed by atoms with Gasteiger partial charge in [-0.2, -0.15) is 0 Å². The molecule has 0 aliphatic rings. The third-order valence-electron chi connectivity index (χ3n) is 6.14. The van der Waals surface area contributed by atoms with Gasteiger partial charge in [0.25, 0.3) is 0 Å². The number of hydrogen-bond acceptors (Lipinski definition) is 0. The van der Waals surface area contributed by atoms with E-state index in [-0.39, 0.29) is 0 Å². The molecular weight excluding hydrogens is 372 g/mol. The quantitative estimate of drug-likeness (QED) is 0.282. The molecule has 5 rings (SSSR count). The fourth-order valence-corrected chi connectivity index (χ4v) is 4.67. The summed E-state index contributed by atoms with van der Waals surface area (Å²) in [5.74, 6) is 0. The molecule has 0 N–H and O–H groups in total. The van der Waals surface area contributed by atoms with Gasteiger partial charge in [-0.1, -0.05) is 104 Å². The summed E-state index contributed by atoms with van der Waals surface area (Å²) in [6.45, 7) is 10.1. The highest BCUT2D eigenvalue weighted by Crippen LogP contribution is 2.38. The SMILES string of the molecule is C=CC=c1cc2c(ccc3c(-c4c(C=C)ccc5ccccc45)cccc32)cc1=CC. The molecule has 0 fully saturated rings. The topological polar surface area (TPSA) is 0 Å². The number of allylic oxidation sites excluding steroid dienone is 1. The third-order valence-corrected chi connectivity index (χ3v) is 6.14. The van der Waals surface area contributed by atoms with E-state index in [0.29, 0.717) is 0 Å². The van der Waals surface area contributed by atoms with Gasteiger partial charge in [0.15, 0.2) is 0 Å². The molecule has 0 atom stereocenters. The molecule has 0 aromatic heterocycles. The van der Waals surface area contributed by atoms with Crippen LogP contribution in [-0.2, 0) is 0 Å². The Morgan fingerprint density at radius 1 is 0.645 bits per heavy atom. The molecule has 0 aliphatic carbocycles. The maximum Gasteiger partial charge on any atom is -0.00268 e. The molecule has 0 heterocycles. The Morgan fingerprint density at radius 3 is 2.26 bits per heavy atom. The molecule has 0 saturated carbocycles. The fourth-order valence-electron chi connectivity index (χ4n) is 4.67. The van der Waals surface area contributed by atoms with Crippen LogP contribution in [0.4, 0.5) is 0 Å². The minimum atomic E-state index is 1.16. The van der Waals surface area contributed by atoms with Crippen molar-refractivity contribution >= 4 is 50.5 Å². The Balaban J connectivity index is 1.94. The molecule has 148 valence electrons. The van der Waals surface area contributed by atoms with Crippen LogP contribution in [0.15, 0.2) is 98.1 Å². The van der Waals surface area contributed by atoms with Crippen LogP contribution < -0.4 is 10.4 Å². The zero-order valence-corrected chi connectivity index (χ0v) is 17.7. The number of hydrogen-bond donors (Lipinski definition) is 0. The molecule has 0 bridgehead atoms. The molecular formula is C31H24. The molecule has 0 radical (unpaired) electrons. The van der Waals surface area contributed by atoms with Crippen molar-refractivity contribution in [2.45, 2.75) is 6.92 Å². The lowest BCUT2D eigenvalue weighted by atomic mass is 9.89. The summed E-state index contributed by atoms with van der Waals surface area (Å²) in [6, 6.07) is 28.6. The first-order valence-electron chi connectivity index (χ1n) is 10.6. The van der Waals surface area contributed by atoms with Crippen molar-refractivity contribution in [2.75, 3.05) is 0 Å². The van der Waals surface area contributed by atoms with E-state index in [1.165, 1.54) is 53.9 Å². The highest BCUT2D eigenvalue weighted by Gasteiger charge is 2.12. The fraction of sp³-hybridized carbons (Fsp3) is 0.0323. The van der Waals surface area contributed by atoms with Crippen molar-refractivity contribution < 1.29 is 0 Å². The van der Waals surface area contributed by atoms with E-state index in [4.69, 9.17) is 0 Å². The molecule has 0 heteroatoms. The first kappa shape index (κ1) is 19.1. The average molecular weight is 397 g/mol. The number of rotatable bonds is 3. The molecule has 0 spiro atoms. The van der Waals surface area contributed by atoms with Crippen molar-refractivity contribution in [3.8, 4) is 11.1 Å². The van der Waals surface area contributed by atoms with E-state index in [2.05, 4.69) is 111 Å². The minimum Gasteiger partial charge on any atom is -0.0990 e. The normalized spacial score (nSPS) is 12.7. The Hall–Kier alpha value is -3.90. The van der Waals surface area contributed by atoms with Gasteiger partial charge < -0.3 is 0 Å². The monoisotopic (exact) mass is 396 g/mol. The van der Waals surface area contributed by atoms with E-state index in [1.807, 2.05) is 12.2 Å². The van der Waals surface area contributed by atoms with E-state index in [9.17, 15) is 0 Å². The maximum absolute atomic E-state index is 4.09. The summed E-state index contributed by atoms with van der Waals surface area (Å²) in [7, 11) is 0. The van der Waals surface area contributed by atoms with Crippen molar-refractivity contribution in [3.05, 3.63) is 114 Å². The first-order valence-corrected chi connectivity index (χ1v) is 10.6. The van der Waals surface area contributed by atoms with Gasteiger partial charge >= 0.3 is 0 Å². The maximum atomic E-state index is 4.09. The van der Waals surface area contributed by atoms with E-state index in [1.54, 1.807) is 0 Å². The van der Waals surface area contributed by atoms with E-state index in [0.717, 1.165) is 5.56 Å². The van der Waals surface area contributed by atoms with Crippen LogP contribution in [-0.4, -0.2) is 0 Å². The largest absolute Gasteiger partial charge is 0.0990 e. The first-order chi connectivity index (χ1) is 15.2. The summed E-state index contributed by atoms with van der Waals surface area (Å²) in [4.78, 5) is 0. The summed E-state index contributed by atoms with van der Waals surface area (Å²) in [5.41, 5.74) is 3.64. The Morgan fingerprint density at radius 2 is 1.45 bits per heavy atom. The molecule has 0 saturated heterocycles. The summed E-state index contributed by atoms with van der Waals surface area (Å²) >= 11 is 0. The smallest absolute Gasteiger partial charge is 0.00268 e. The van der Waals surface area contributed by atoms with Gasteiger partial charge in [-0.05, 0) is 78.5 Å². The minimum absolute atomic E-state index is 1.16. The predicted octanol–water partition coefficient (Wildman–Crippen LogP) is 7.22. The van der Waals surface area contributed by atoms with Gasteiger partial charge in [0.05, 0.1) is 0 Å². The summed E-state index contributed by atoms with van der Waals surface area (Å²) in [5, 5.41) is 9.95. The molecule has 5 aromatic carbocycles. The predicted molar refractivity (Wildman–Crippen MR) is 139 cm³/mol. The summed E-state index contributed by atoms with van der Waals surface area (Å²) < 4.78 is 0. The van der Waals surface area contributed by atoms with E-state index >= 15 is 0 Å². The third kappa shape index (κ3) is 3.08. The Kier molecular flexibility index (Phi) is 4.76. The van der Waals surface area contributed by atoms with Gasteiger partial charge in [0.2, 0.25) is 0 Å². The van der Waals surface area contributed by atoms with Crippen LogP contribution in [0.25, 0.3) is 61.7 Å². The van der Waals surface area contributed by atoms with Crippen LogP contribution in [0.1, 0.15) is 12.5 Å². The van der Waals surface area contributed by atoms with Crippen LogP contribution in [0.2, 0.25) is 0 Å². The molecule has 0 aliphatic heterocycles. The average Bonchev–Trinajstić information content (AvgIpc) is 2.82. The Labute approximate surface area is 182 Å². The second-order valence-corrected chi connectivity index (χ2v) is 7.81. The molecule has 0 amide bonds. The van der Waals surface area contributed by atoms with Gasteiger partial charge in [0, 0.05) is 0 Å². The van der Waals surface area contributed by atoms with Crippen molar-refractivity contribution in [1.82, 2.24) is 0 Å². The standard InChI is InChI=1S/C31H24/c1-4-10-24-20-30-25(19-22(24)6-3)17-18-28-27(30)13-9-14-29(28)31-21(5-2)15-16-23-11-7-8-12-26(23)31/h4-20H,1-2H2,3H3. The zero-order valence-electron chi connectivity index (χ0n) is 17.7. The lowest BCUT2D eigenvalue weighted by Gasteiger charge is -2.15. The summed E-state index contributed by atoms with van der Waals surface area (Å²) in [6.07, 6.45) is 8.05. The molecule has 0 unspecified atom stereocenters. The van der Waals surface area contributed by atoms with Gasteiger partial charge in [0.1, 0.15) is 0 Å². The highest BCUT2D eigenvalue weighted by atomic mass is 14.2. The molecule has 0 nitrogen and oxygen atoms in total. The van der Waals surface area contributed by atoms with Crippen molar-refractivity contribution in [1.29, 1.82) is 0 Å². The molecule has 31 heavy (non-hydrogen) atoms. The van der Waals surface area contributed by atoms with Gasteiger partial charge in [-0.25, -0.2) is 0 Å². The van der Waals surface area contributed by atoms with Crippen LogP contribution in [0, 0.1) is 0 Å². The second kappa shape index (κ2) is 7.74. The Bertz CT molecular complexity index is 1610. The molecule has 5 aromatic rings. The number of benzene rings is 5. The van der Waals surface area contributed by atoms with Crippen molar-refractivity contribution in [3.63, 3.8) is 0 Å². The second-order valence-electron chi connectivity index (χ2n) is 7.81. The van der Waals surface area contributed by atoms with Crippen LogP contribution in [0.5, 0.6) is 0 Å². The lowest BCUT2D eigenvalue weighted by Crippen LogP contribution is -2.23. The highest BCUT2D eigenvalue weighted by molar-refractivity contribution is 6.15. The van der Waals surface area contributed by atoms with Crippen molar-refractivity contribution in [2.24, 2.45) is 0 Å². The van der Waals surface area contributed by atoms with Gasteiger partial charge in [-0.3, -0.25) is 0 Å². The van der Waals surface area contributed by atoms with E-state index < -0.39 is 0 Å².